The molecule has 0 saturated heterocycles. The zero-order valence-corrected chi connectivity index (χ0v) is 7.91. The molecule has 0 heterocycles. The first-order chi connectivity index (χ1) is 7.70. The van der Waals surface area contributed by atoms with Crippen molar-refractivity contribution in [2.75, 3.05) is 0 Å². The van der Waals surface area contributed by atoms with Crippen molar-refractivity contribution >= 4 is 10.8 Å². The summed E-state index contributed by atoms with van der Waals surface area (Å²) in [5.41, 5.74) is 15.7. The summed E-state index contributed by atoms with van der Waals surface area (Å²) in [7, 11) is 0. The molecule has 0 amide bonds. The molecule has 0 aliphatic heterocycles. The van der Waals surface area contributed by atoms with Gasteiger partial charge in [-0.2, -0.15) is 9.58 Å². The first kappa shape index (κ1) is 9.86. The lowest BCUT2D eigenvalue weighted by Crippen LogP contribution is -2.49. The highest BCUT2D eigenvalue weighted by atomic mass is 16.1. The highest BCUT2D eigenvalue weighted by molar-refractivity contribution is 5.81. The molecule has 6 heteroatoms. The first-order valence-electron chi connectivity index (χ1n) is 4.33. The molecule has 0 N–H and O–H groups in total. The van der Waals surface area contributed by atoms with E-state index in [-0.39, 0.29) is 16.1 Å². The fraction of sp³-hybridized carbons (Fsp3) is 0. The highest BCUT2D eigenvalue weighted by Crippen LogP contribution is 1.99. The molecule has 0 aliphatic rings. The van der Waals surface area contributed by atoms with Crippen molar-refractivity contribution < 1.29 is 9.58 Å². The Balaban J connectivity index is 3.51. The van der Waals surface area contributed by atoms with E-state index in [2.05, 4.69) is 9.58 Å². The van der Waals surface area contributed by atoms with E-state index in [0.29, 0.717) is 0 Å². The van der Waals surface area contributed by atoms with Gasteiger partial charge in [-0.05, 0) is 12.1 Å². The number of fused-ring (bicyclic) bond motifs is 1. The average Bonchev–Trinajstić information content (AvgIpc) is 2.30. The van der Waals surface area contributed by atoms with Gasteiger partial charge >= 0.3 is 16.1 Å². The van der Waals surface area contributed by atoms with Gasteiger partial charge in [0.1, 0.15) is 0 Å². The Morgan fingerprint density at radius 3 is 1.94 bits per heavy atom. The molecule has 0 aliphatic carbocycles. The Morgan fingerprint density at radius 1 is 0.812 bits per heavy atom. The predicted octanol–water partition coefficient (Wildman–Crippen LogP) is -1.30. The fourth-order valence-corrected chi connectivity index (χ4v) is 1.54. The summed E-state index contributed by atoms with van der Waals surface area (Å²) in [5, 5.41) is -0.551. The van der Waals surface area contributed by atoms with Gasteiger partial charge in [0.2, 0.25) is 0 Å². The number of rotatable bonds is 0. The summed E-state index contributed by atoms with van der Waals surface area (Å²) in [4.78, 5) is 28.7. The number of benzene rings is 2. The molecule has 76 valence electrons. The van der Waals surface area contributed by atoms with E-state index in [4.69, 9.17) is 11.1 Å². The van der Waals surface area contributed by atoms with E-state index < -0.39 is 16.2 Å². The highest BCUT2D eigenvalue weighted by Gasteiger charge is 2.18. The maximum Gasteiger partial charge on any atom is 0.417 e. The summed E-state index contributed by atoms with van der Waals surface area (Å²) in [5.74, 6) is 0. The molecule has 6 nitrogen and oxygen atoms in total. The number of hydrogen-bond donors (Lipinski definition) is 0. The summed E-state index contributed by atoms with van der Waals surface area (Å²) in [6, 6.07) is 6.14. The van der Waals surface area contributed by atoms with Crippen molar-refractivity contribution in [3.63, 3.8) is 0 Å². The van der Waals surface area contributed by atoms with E-state index in [1.54, 1.807) is 12.1 Å². The van der Waals surface area contributed by atoms with Crippen molar-refractivity contribution in [2.24, 2.45) is 0 Å². The van der Waals surface area contributed by atoms with Gasteiger partial charge < -0.3 is 11.1 Å². The van der Waals surface area contributed by atoms with Gasteiger partial charge in [0.05, 0.1) is 5.39 Å². The maximum atomic E-state index is 11.7. The molecule has 2 rings (SSSR count). The Kier molecular flexibility index (Phi) is 2.14. The summed E-state index contributed by atoms with van der Waals surface area (Å²) in [6.07, 6.45) is 0. The zero-order valence-electron chi connectivity index (χ0n) is 7.91. The summed E-state index contributed by atoms with van der Waals surface area (Å²) >= 11 is 0. The molecule has 0 unspecified atom stereocenters. The minimum absolute atomic E-state index is 0.169. The Hall–Kier alpha value is -2.68. The lowest BCUT2D eigenvalue weighted by Gasteiger charge is -1.87. The molecule has 2 aromatic carbocycles. The number of nitrogens with zero attached hydrogens (tertiary/aromatic N) is 4. The van der Waals surface area contributed by atoms with Crippen LogP contribution in [0.5, 0.6) is 0 Å². The van der Waals surface area contributed by atoms with Crippen LogP contribution in [0.2, 0.25) is 0 Å². The van der Waals surface area contributed by atoms with Crippen LogP contribution in [0, 0.1) is 0 Å². The van der Waals surface area contributed by atoms with Crippen LogP contribution in [0.25, 0.3) is 21.8 Å². The monoisotopic (exact) mass is 212 g/mol. The quantitative estimate of drug-likeness (QED) is 0.399. The molecule has 0 saturated carbocycles. The smallest absolute Gasteiger partial charge is 0.361 e. The molecular weight excluding hydrogens is 208 g/mol. The Bertz CT molecular complexity index is 849. The lowest BCUT2D eigenvalue weighted by atomic mass is 10.1. The van der Waals surface area contributed by atoms with Crippen LogP contribution in [-0.2, 0) is 0 Å². The second-order valence-corrected chi connectivity index (χ2v) is 3.10. The maximum absolute atomic E-state index is 11.7. The number of hydrogen-bond acceptors (Lipinski definition) is 2. The molecule has 0 radical (unpaired) electrons. The predicted molar refractivity (Wildman–Crippen MR) is 52.4 cm³/mol. The van der Waals surface area contributed by atoms with Gasteiger partial charge in [0.15, 0.2) is 0 Å². The van der Waals surface area contributed by atoms with Crippen LogP contribution in [0.15, 0.2) is 33.9 Å². The van der Waals surface area contributed by atoms with Crippen molar-refractivity contribution in [3.05, 3.63) is 66.5 Å². The third-order valence-corrected chi connectivity index (χ3v) is 2.27. The van der Waals surface area contributed by atoms with Gasteiger partial charge in [0, 0.05) is 5.39 Å². The van der Waals surface area contributed by atoms with Gasteiger partial charge in [0.25, 0.3) is 5.43 Å². The minimum Gasteiger partial charge on any atom is -0.361 e. The topological polar surface area (TPSA) is 107 Å². The van der Waals surface area contributed by atoms with E-state index in [9.17, 15) is 9.59 Å². The average molecular weight is 212 g/mol. The van der Waals surface area contributed by atoms with E-state index in [1.165, 1.54) is 12.1 Å². The Morgan fingerprint density at radius 2 is 1.38 bits per heavy atom. The summed E-state index contributed by atoms with van der Waals surface area (Å²) in [6.45, 7) is 0. The van der Waals surface area contributed by atoms with E-state index in [0.717, 1.165) is 0 Å². The molecular formula is C10H4N4O2. The molecule has 0 aromatic heterocycles. The Labute approximate surface area is 87.6 Å². The zero-order chi connectivity index (χ0) is 11.7. The second kappa shape index (κ2) is 3.47. The van der Waals surface area contributed by atoms with Crippen LogP contribution in [0.3, 0.4) is 0 Å². The normalized spacial score (nSPS) is 9.75. The van der Waals surface area contributed by atoms with Crippen molar-refractivity contribution in [1.29, 1.82) is 0 Å². The third-order valence-electron chi connectivity index (χ3n) is 2.27. The molecule has 0 fully saturated rings. The molecule has 16 heavy (non-hydrogen) atoms. The van der Waals surface area contributed by atoms with Gasteiger partial charge in [-0.25, -0.2) is 0 Å². The third kappa shape index (κ3) is 1.15. The first-order valence-corrected chi connectivity index (χ1v) is 4.33. The molecule has 0 atom stereocenters. The van der Waals surface area contributed by atoms with Gasteiger partial charge in [-0.1, -0.05) is 12.1 Å². The molecule has 2 aromatic rings. The second-order valence-electron chi connectivity index (χ2n) is 3.10. The van der Waals surface area contributed by atoms with Crippen LogP contribution in [-0.4, -0.2) is 9.58 Å². The van der Waals surface area contributed by atoms with Crippen molar-refractivity contribution in [2.45, 2.75) is 0 Å². The standard InChI is InChI=1S/C10H4N4O2/c11-13-7-5-3-1-2-4-6(5)9(15)8(14-12)10(7)16/h1-4H. The SMILES string of the molecule is [N-]=[N+]=c1c(=O)c(=[N+]=[N-])c2ccccc2c1=O. The van der Waals surface area contributed by atoms with Crippen molar-refractivity contribution in [1.82, 2.24) is 0 Å². The van der Waals surface area contributed by atoms with E-state index in [1.807, 2.05) is 0 Å². The molecule has 0 bridgehead atoms. The van der Waals surface area contributed by atoms with Crippen LogP contribution in [0.4, 0.5) is 0 Å². The minimum atomic E-state index is -0.895. The van der Waals surface area contributed by atoms with E-state index >= 15 is 0 Å². The van der Waals surface area contributed by atoms with Crippen LogP contribution in [0.1, 0.15) is 0 Å². The van der Waals surface area contributed by atoms with Crippen LogP contribution < -0.4 is 21.6 Å². The summed E-state index contributed by atoms with van der Waals surface area (Å²) < 4.78 is 0. The molecule has 0 spiro atoms. The largest absolute Gasteiger partial charge is 0.417 e. The fourth-order valence-electron chi connectivity index (χ4n) is 1.54. The van der Waals surface area contributed by atoms with Crippen LogP contribution >= 0.6 is 0 Å². The van der Waals surface area contributed by atoms with Gasteiger partial charge in [-0.15, -0.1) is 0 Å². The van der Waals surface area contributed by atoms with Gasteiger partial charge in [-0.3, -0.25) is 9.59 Å². The van der Waals surface area contributed by atoms with Crippen molar-refractivity contribution in [3.8, 4) is 0 Å². The lowest BCUT2D eigenvalue weighted by molar-refractivity contribution is -0.0789.